The van der Waals surface area contributed by atoms with Gasteiger partial charge >= 0.3 is 5.97 Å². The number of esters is 1. The van der Waals surface area contributed by atoms with Crippen molar-refractivity contribution in [2.75, 3.05) is 13.7 Å². The van der Waals surface area contributed by atoms with Crippen molar-refractivity contribution >= 4 is 23.4 Å². The number of rotatable bonds is 6. The number of nitrogens with one attached hydrogen (secondary N) is 1. The van der Waals surface area contributed by atoms with Crippen molar-refractivity contribution < 1.29 is 19.1 Å². The van der Waals surface area contributed by atoms with Crippen LogP contribution in [0.5, 0.6) is 5.75 Å². The molecule has 0 radical (unpaired) electrons. The summed E-state index contributed by atoms with van der Waals surface area (Å²) in [6.07, 6.45) is 0. The minimum atomic E-state index is -0.660. The maximum atomic E-state index is 12.2. The van der Waals surface area contributed by atoms with Crippen LogP contribution < -0.4 is 4.74 Å². The normalized spacial score (nSPS) is 10.4. The number of benzene rings is 2. The fraction of sp³-hybridized carbons (Fsp3) is 0.105. The van der Waals surface area contributed by atoms with Gasteiger partial charge in [-0.1, -0.05) is 41.9 Å². The van der Waals surface area contributed by atoms with E-state index in [1.54, 1.807) is 18.2 Å². The fourth-order valence-electron chi connectivity index (χ4n) is 2.32. The van der Waals surface area contributed by atoms with Crippen molar-refractivity contribution in [2.24, 2.45) is 0 Å². The molecule has 26 heavy (non-hydrogen) atoms. The molecule has 0 spiro atoms. The van der Waals surface area contributed by atoms with Gasteiger partial charge in [-0.25, -0.2) is 4.79 Å². The number of hydrogen-bond acceptors (Lipinski definition) is 5. The number of H-pyrrole nitrogens is 1. The number of nitrogens with zero attached hydrogens (tertiary/aromatic N) is 1. The SMILES string of the molecule is COc1ccc(C(=O)COC(=O)c2cc(-c3ccccc3)n[nH]2)cc1Cl. The van der Waals surface area contributed by atoms with Crippen LogP contribution in [0.1, 0.15) is 20.8 Å². The van der Waals surface area contributed by atoms with Gasteiger partial charge < -0.3 is 9.47 Å². The molecule has 3 rings (SSSR count). The molecule has 132 valence electrons. The number of aromatic amines is 1. The number of carbonyl (C=O) groups is 2. The van der Waals surface area contributed by atoms with Crippen LogP contribution in [0, 0.1) is 0 Å². The average molecular weight is 371 g/mol. The van der Waals surface area contributed by atoms with Gasteiger partial charge in [-0.2, -0.15) is 5.10 Å². The second-order valence-electron chi connectivity index (χ2n) is 5.38. The summed E-state index contributed by atoms with van der Waals surface area (Å²) in [5, 5.41) is 7.01. The standard InChI is InChI=1S/C19H15ClN2O4/c1-25-18-8-7-13(9-14(18)20)17(23)11-26-19(24)16-10-15(21-22-16)12-5-3-2-4-6-12/h2-10H,11H2,1H3,(H,21,22). The van der Waals surface area contributed by atoms with Crippen LogP contribution in [-0.4, -0.2) is 35.7 Å². The number of aromatic nitrogens is 2. The maximum Gasteiger partial charge on any atom is 0.356 e. The van der Waals surface area contributed by atoms with E-state index in [9.17, 15) is 9.59 Å². The van der Waals surface area contributed by atoms with E-state index in [1.165, 1.54) is 13.2 Å². The summed E-state index contributed by atoms with van der Waals surface area (Å²) in [4.78, 5) is 24.3. The van der Waals surface area contributed by atoms with E-state index >= 15 is 0 Å². The molecule has 0 fully saturated rings. The monoisotopic (exact) mass is 370 g/mol. The highest BCUT2D eigenvalue weighted by molar-refractivity contribution is 6.32. The van der Waals surface area contributed by atoms with Crippen LogP contribution in [0.4, 0.5) is 0 Å². The molecule has 1 N–H and O–H groups in total. The molecule has 0 saturated heterocycles. The predicted octanol–water partition coefficient (Wildman–Crippen LogP) is 3.78. The summed E-state index contributed by atoms with van der Waals surface area (Å²) in [6.45, 7) is -0.402. The Kier molecular flexibility index (Phi) is 5.34. The number of carbonyl (C=O) groups excluding carboxylic acids is 2. The third kappa shape index (κ3) is 3.92. The van der Waals surface area contributed by atoms with E-state index in [0.29, 0.717) is 22.0 Å². The Morgan fingerprint density at radius 1 is 1.12 bits per heavy atom. The third-order valence-electron chi connectivity index (χ3n) is 3.68. The molecule has 0 aliphatic rings. The lowest BCUT2D eigenvalue weighted by molar-refractivity contribution is 0.0469. The number of Topliss-reactive ketones (excluding diaryl/α,β-unsaturated/α-hetero) is 1. The number of ketones is 1. The molecular formula is C19H15ClN2O4. The van der Waals surface area contributed by atoms with Gasteiger partial charge in [0.25, 0.3) is 0 Å². The zero-order valence-electron chi connectivity index (χ0n) is 13.9. The van der Waals surface area contributed by atoms with Crippen LogP contribution in [0.3, 0.4) is 0 Å². The Hall–Kier alpha value is -3.12. The van der Waals surface area contributed by atoms with Gasteiger partial charge in [0.1, 0.15) is 11.4 Å². The van der Waals surface area contributed by atoms with E-state index < -0.39 is 12.6 Å². The van der Waals surface area contributed by atoms with E-state index in [0.717, 1.165) is 5.56 Å². The smallest absolute Gasteiger partial charge is 0.356 e. The summed E-state index contributed by atoms with van der Waals surface area (Å²) < 4.78 is 10.1. The van der Waals surface area contributed by atoms with Crippen LogP contribution in [0.25, 0.3) is 11.3 Å². The minimum absolute atomic E-state index is 0.171. The number of hydrogen-bond donors (Lipinski definition) is 1. The number of ether oxygens (including phenoxy) is 2. The van der Waals surface area contributed by atoms with Gasteiger partial charge in [-0.05, 0) is 24.3 Å². The quantitative estimate of drug-likeness (QED) is 0.527. The lowest BCUT2D eigenvalue weighted by atomic mass is 10.1. The van der Waals surface area contributed by atoms with Crippen molar-refractivity contribution in [2.45, 2.75) is 0 Å². The molecule has 0 bridgehead atoms. The number of methoxy groups -OCH3 is 1. The molecule has 0 saturated carbocycles. The first kappa shape index (κ1) is 17.7. The molecule has 0 amide bonds. The summed E-state index contributed by atoms with van der Waals surface area (Å²) in [7, 11) is 1.48. The Bertz CT molecular complexity index is 938. The van der Waals surface area contributed by atoms with Gasteiger partial charge in [0.2, 0.25) is 0 Å². The summed E-state index contributed by atoms with van der Waals surface area (Å²) >= 11 is 5.99. The van der Waals surface area contributed by atoms with Gasteiger partial charge in [-0.15, -0.1) is 0 Å². The molecule has 7 heteroatoms. The Morgan fingerprint density at radius 3 is 2.58 bits per heavy atom. The van der Waals surface area contributed by atoms with Crippen molar-refractivity contribution in [1.29, 1.82) is 0 Å². The number of halogens is 1. The fourth-order valence-corrected chi connectivity index (χ4v) is 2.57. The van der Waals surface area contributed by atoms with Gasteiger partial charge in [0.05, 0.1) is 17.8 Å². The first-order valence-electron chi connectivity index (χ1n) is 7.73. The first-order chi connectivity index (χ1) is 12.6. The van der Waals surface area contributed by atoms with Gasteiger partial charge in [0.15, 0.2) is 12.4 Å². The average Bonchev–Trinajstić information content (AvgIpc) is 3.17. The molecular weight excluding hydrogens is 356 g/mol. The van der Waals surface area contributed by atoms with E-state index in [4.69, 9.17) is 21.1 Å². The first-order valence-corrected chi connectivity index (χ1v) is 8.11. The molecule has 0 atom stereocenters. The third-order valence-corrected chi connectivity index (χ3v) is 3.97. The molecule has 0 unspecified atom stereocenters. The van der Waals surface area contributed by atoms with Crippen LogP contribution >= 0.6 is 11.6 Å². The highest BCUT2D eigenvalue weighted by Crippen LogP contribution is 2.25. The Labute approximate surface area is 154 Å². The van der Waals surface area contributed by atoms with Crippen molar-refractivity contribution in [3.63, 3.8) is 0 Å². The second kappa shape index (κ2) is 7.84. The maximum absolute atomic E-state index is 12.2. The zero-order chi connectivity index (χ0) is 18.5. The molecule has 0 aliphatic heterocycles. The molecule has 1 heterocycles. The van der Waals surface area contributed by atoms with Crippen LogP contribution in [-0.2, 0) is 4.74 Å². The second-order valence-corrected chi connectivity index (χ2v) is 5.79. The van der Waals surface area contributed by atoms with Crippen molar-refractivity contribution in [1.82, 2.24) is 10.2 Å². The Morgan fingerprint density at radius 2 is 1.88 bits per heavy atom. The lowest BCUT2D eigenvalue weighted by Gasteiger charge is -2.06. The highest BCUT2D eigenvalue weighted by atomic mass is 35.5. The molecule has 3 aromatic rings. The van der Waals surface area contributed by atoms with Crippen molar-refractivity contribution in [3.8, 4) is 17.0 Å². The minimum Gasteiger partial charge on any atom is -0.495 e. The van der Waals surface area contributed by atoms with E-state index in [-0.39, 0.29) is 11.5 Å². The Balaban J connectivity index is 1.63. The predicted molar refractivity (Wildman–Crippen MR) is 96.6 cm³/mol. The van der Waals surface area contributed by atoms with Gasteiger partial charge in [0, 0.05) is 11.1 Å². The molecule has 1 aromatic heterocycles. The largest absolute Gasteiger partial charge is 0.495 e. The topological polar surface area (TPSA) is 81.3 Å². The van der Waals surface area contributed by atoms with E-state index in [2.05, 4.69) is 10.2 Å². The molecule has 2 aromatic carbocycles. The van der Waals surface area contributed by atoms with E-state index in [1.807, 2.05) is 30.3 Å². The van der Waals surface area contributed by atoms with Crippen LogP contribution in [0.15, 0.2) is 54.6 Å². The highest BCUT2D eigenvalue weighted by Gasteiger charge is 2.16. The van der Waals surface area contributed by atoms with Crippen molar-refractivity contribution in [3.05, 3.63) is 70.9 Å². The lowest BCUT2D eigenvalue weighted by Crippen LogP contribution is -2.14. The zero-order valence-corrected chi connectivity index (χ0v) is 14.6. The molecule has 6 nitrogen and oxygen atoms in total. The van der Waals surface area contributed by atoms with Gasteiger partial charge in [-0.3, -0.25) is 9.89 Å². The summed E-state index contributed by atoms with van der Waals surface area (Å²) in [6, 6.07) is 15.6. The molecule has 0 aliphatic carbocycles. The van der Waals surface area contributed by atoms with Crippen LogP contribution in [0.2, 0.25) is 5.02 Å². The summed E-state index contributed by atoms with van der Waals surface area (Å²) in [5.74, 6) is -0.565. The summed E-state index contributed by atoms with van der Waals surface area (Å²) in [5.41, 5.74) is 1.99.